The summed E-state index contributed by atoms with van der Waals surface area (Å²) in [6.07, 6.45) is 3.18. The highest BCUT2D eigenvalue weighted by molar-refractivity contribution is 7.90. The second kappa shape index (κ2) is 8.12. The number of pyridine rings is 1. The van der Waals surface area contributed by atoms with Crippen LogP contribution in [0.15, 0.2) is 48.5 Å². The molecule has 1 atom stereocenters. The summed E-state index contributed by atoms with van der Waals surface area (Å²) in [6, 6.07) is 15.5. The minimum absolute atomic E-state index is 0.140. The molecule has 2 aromatic carbocycles. The fourth-order valence-corrected chi connectivity index (χ4v) is 4.46. The highest BCUT2D eigenvalue weighted by Gasteiger charge is 2.24. The van der Waals surface area contributed by atoms with Crippen LogP contribution in [0, 0.1) is 0 Å². The zero-order chi connectivity index (χ0) is 21.3. The first kappa shape index (κ1) is 20.4. The van der Waals surface area contributed by atoms with Crippen molar-refractivity contribution in [3.63, 3.8) is 0 Å². The number of nitrogens with zero attached hydrogens (tertiary/aromatic N) is 2. The Morgan fingerprint density at radius 2 is 1.97 bits per heavy atom. The van der Waals surface area contributed by atoms with Gasteiger partial charge in [0.2, 0.25) is 0 Å². The van der Waals surface area contributed by atoms with Gasteiger partial charge in [-0.15, -0.1) is 0 Å². The number of fused-ring (bicyclic) bond motifs is 2. The molecule has 2 N–H and O–H groups in total. The van der Waals surface area contributed by atoms with E-state index in [4.69, 9.17) is 9.72 Å². The van der Waals surface area contributed by atoms with Gasteiger partial charge in [0.25, 0.3) is 0 Å². The summed E-state index contributed by atoms with van der Waals surface area (Å²) < 4.78 is 33.4. The first-order valence-electron chi connectivity index (χ1n) is 9.91. The van der Waals surface area contributed by atoms with E-state index < -0.39 is 10.2 Å². The second-order valence-electron chi connectivity index (χ2n) is 7.62. The minimum Gasteiger partial charge on any atom is -0.496 e. The highest BCUT2D eigenvalue weighted by atomic mass is 32.2. The maximum atomic E-state index is 12.0. The second-order valence-corrected chi connectivity index (χ2v) is 9.50. The number of aromatic nitrogens is 1. The summed E-state index contributed by atoms with van der Waals surface area (Å²) in [5.74, 6) is 1.69. The number of anilines is 2. The standard InChI is InChI=1S/C22H26N4O3S/c1-26(2)30(27,28)25-17-11-12-18-16(14-17)10-13-21(23-18)24-19-8-4-6-15-7-5-9-20(29-3)22(15)19/h5,7,9-14,19,25H,4,6,8H2,1-3H3,(H,23,24). The lowest BCUT2D eigenvalue weighted by Gasteiger charge is -2.28. The molecule has 1 heterocycles. The smallest absolute Gasteiger partial charge is 0.301 e. The van der Waals surface area contributed by atoms with Crippen molar-refractivity contribution in [1.82, 2.24) is 9.29 Å². The number of hydrogen-bond donors (Lipinski definition) is 2. The van der Waals surface area contributed by atoms with Gasteiger partial charge < -0.3 is 10.1 Å². The van der Waals surface area contributed by atoms with Gasteiger partial charge >= 0.3 is 10.2 Å². The van der Waals surface area contributed by atoms with E-state index in [1.165, 1.54) is 25.2 Å². The first-order valence-corrected chi connectivity index (χ1v) is 11.3. The Labute approximate surface area is 177 Å². The summed E-state index contributed by atoms with van der Waals surface area (Å²) in [7, 11) is 1.14. The third-order valence-electron chi connectivity index (χ3n) is 5.40. The molecule has 0 aliphatic heterocycles. The maximum absolute atomic E-state index is 12.0. The van der Waals surface area contributed by atoms with Crippen molar-refractivity contribution in [3.8, 4) is 5.75 Å². The minimum atomic E-state index is -3.54. The predicted octanol–water partition coefficient (Wildman–Crippen LogP) is 3.95. The van der Waals surface area contributed by atoms with Crippen molar-refractivity contribution in [2.24, 2.45) is 0 Å². The van der Waals surface area contributed by atoms with Crippen LogP contribution < -0.4 is 14.8 Å². The molecule has 0 radical (unpaired) electrons. The highest BCUT2D eigenvalue weighted by Crippen LogP contribution is 2.38. The zero-order valence-corrected chi connectivity index (χ0v) is 18.2. The largest absolute Gasteiger partial charge is 0.496 e. The third kappa shape index (κ3) is 4.06. The van der Waals surface area contributed by atoms with Gasteiger partial charge in [-0.05, 0) is 61.2 Å². The summed E-state index contributed by atoms with van der Waals surface area (Å²) in [6.45, 7) is 0. The zero-order valence-electron chi connectivity index (χ0n) is 17.3. The Kier molecular flexibility index (Phi) is 5.53. The molecule has 7 nitrogen and oxygen atoms in total. The summed E-state index contributed by atoms with van der Waals surface area (Å²) >= 11 is 0. The van der Waals surface area contributed by atoms with Gasteiger partial charge in [-0.3, -0.25) is 4.72 Å². The van der Waals surface area contributed by atoms with Crippen LogP contribution in [0.3, 0.4) is 0 Å². The lowest BCUT2D eigenvalue weighted by Crippen LogP contribution is -2.28. The Hall–Kier alpha value is -2.84. The van der Waals surface area contributed by atoms with Crippen LogP contribution in [0.5, 0.6) is 5.75 Å². The van der Waals surface area contributed by atoms with E-state index in [9.17, 15) is 8.42 Å². The van der Waals surface area contributed by atoms with Crippen LogP contribution >= 0.6 is 0 Å². The van der Waals surface area contributed by atoms with E-state index in [-0.39, 0.29) is 6.04 Å². The van der Waals surface area contributed by atoms with E-state index in [0.717, 1.165) is 46.0 Å². The van der Waals surface area contributed by atoms with Crippen molar-refractivity contribution in [1.29, 1.82) is 0 Å². The maximum Gasteiger partial charge on any atom is 0.301 e. The molecule has 1 unspecified atom stereocenters. The van der Waals surface area contributed by atoms with Gasteiger partial charge in [-0.1, -0.05) is 12.1 Å². The molecule has 0 saturated heterocycles. The van der Waals surface area contributed by atoms with Crippen LogP contribution in [-0.4, -0.2) is 38.9 Å². The molecule has 1 aliphatic carbocycles. The van der Waals surface area contributed by atoms with E-state index in [2.05, 4.69) is 16.1 Å². The number of hydrogen-bond acceptors (Lipinski definition) is 5. The molecule has 158 valence electrons. The number of rotatable bonds is 6. The molecule has 0 fully saturated rings. The van der Waals surface area contributed by atoms with E-state index in [1.54, 1.807) is 19.2 Å². The van der Waals surface area contributed by atoms with Crippen molar-refractivity contribution < 1.29 is 13.2 Å². The van der Waals surface area contributed by atoms with Crippen LogP contribution in [0.25, 0.3) is 10.9 Å². The first-order chi connectivity index (χ1) is 14.4. The fraction of sp³-hybridized carbons (Fsp3) is 0.318. The van der Waals surface area contributed by atoms with Crippen LogP contribution in [0.2, 0.25) is 0 Å². The summed E-state index contributed by atoms with van der Waals surface area (Å²) in [4.78, 5) is 4.73. The van der Waals surface area contributed by atoms with Gasteiger partial charge in [0.1, 0.15) is 11.6 Å². The molecule has 0 saturated carbocycles. The average Bonchev–Trinajstić information content (AvgIpc) is 2.73. The van der Waals surface area contributed by atoms with E-state index >= 15 is 0 Å². The van der Waals surface area contributed by atoms with Crippen molar-refractivity contribution in [3.05, 3.63) is 59.7 Å². The number of aryl methyl sites for hydroxylation is 1. The molecule has 1 aromatic heterocycles. The van der Waals surface area contributed by atoms with Gasteiger partial charge in [-0.2, -0.15) is 12.7 Å². The van der Waals surface area contributed by atoms with Crippen LogP contribution in [0.1, 0.15) is 30.0 Å². The SMILES string of the molecule is COc1cccc2c1C(Nc1ccc3cc(NS(=O)(=O)N(C)C)ccc3n1)CCC2. The number of benzene rings is 2. The molecular formula is C22H26N4O3S. The Balaban J connectivity index is 1.59. The van der Waals surface area contributed by atoms with Crippen molar-refractivity contribution in [2.45, 2.75) is 25.3 Å². The van der Waals surface area contributed by atoms with Crippen LogP contribution in [0.4, 0.5) is 11.5 Å². The Morgan fingerprint density at radius 1 is 1.13 bits per heavy atom. The number of nitrogens with one attached hydrogen (secondary N) is 2. The third-order valence-corrected chi connectivity index (χ3v) is 6.86. The predicted molar refractivity (Wildman–Crippen MR) is 120 cm³/mol. The molecule has 30 heavy (non-hydrogen) atoms. The van der Waals surface area contributed by atoms with Gasteiger partial charge in [0, 0.05) is 25.0 Å². The normalized spacial score (nSPS) is 16.3. The molecule has 4 rings (SSSR count). The molecule has 0 bridgehead atoms. The molecule has 0 amide bonds. The Bertz CT molecular complexity index is 1160. The molecule has 0 spiro atoms. The molecule has 1 aliphatic rings. The Morgan fingerprint density at radius 3 is 2.73 bits per heavy atom. The number of ether oxygens (including phenoxy) is 1. The topological polar surface area (TPSA) is 83.6 Å². The van der Waals surface area contributed by atoms with E-state index in [1.807, 2.05) is 30.3 Å². The lowest BCUT2D eigenvalue weighted by atomic mass is 9.87. The molecular weight excluding hydrogens is 400 g/mol. The summed E-state index contributed by atoms with van der Waals surface area (Å²) in [5, 5.41) is 4.42. The quantitative estimate of drug-likeness (QED) is 0.624. The summed E-state index contributed by atoms with van der Waals surface area (Å²) in [5.41, 5.74) is 3.83. The van der Waals surface area contributed by atoms with Gasteiger partial charge in [0.15, 0.2) is 0 Å². The average molecular weight is 427 g/mol. The van der Waals surface area contributed by atoms with Gasteiger partial charge in [0.05, 0.1) is 24.4 Å². The van der Waals surface area contributed by atoms with Crippen molar-refractivity contribution >= 4 is 32.6 Å². The molecule has 3 aromatic rings. The number of methoxy groups -OCH3 is 1. The van der Waals surface area contributed by atoms with Crippen molar-refractivity contribution in [2.75, 3.05) is 31.2 Å². The van der Waals surface area contributed by atoms with Crippen LogP contribution in [-0.2, 0) is 16.6 Å². The monoisotopic (exact) mass is 426 g/mol. The fourth-order valence-electron chi connectivity index (χ4n) is 3.85. The molecule has 8 heteroatoms. The van der Waals surface area contributed by atoms with E-state index in [0.29, 0.717) is 5.69 Å². The van der Waals surface area contributed by atoms with Gasteiger partial charge in [-0.25, -0.2) is 4.98 Å². The lowest BCUT2D eigenvalue weighted by molar-refractivity contribution is 0.401.